The van der Waals surface area contributed by atoms with E-state index in [1.807, 2.05) is 0 Å². The van der Waals surface area contributed by atoms with Crippen molar-refractivity contribution in [3.05, 3.63) is 0 Å². The zero-order chi connectivity index (χ0) is 14.4. The van der Waals surface area contributed by atoms with Crippen LogP contribution >= 0.6 is 0 Å². The van der Waals surface area contributed by atoms with Gasteiger partial charge in [-0.05, 0) is 31.6 Å². The molecule has 1 aliphatic heterocycles. The van der Waals surface area contributed by atoms with Crippen molar-refractivity contribution in [2.75, 3.05) is 13.1 Å². The lowest BCUT2D eigenvalue weighted by atomic mass is 9.96. The van der Waals surface area contributed by atoms with Crippen LogP contribution in [0.15, 0.2) is 0 Å². The fourth-order valence-corrected chi connectivity index (χ4v) is 3.37. The molecule has 4 heteroatoms. The second-order valence-electron chi connectivity index (χ2n) is 6.51. The third-order valence-corrected chi connectivity index (χ3v) is 4.58. The van der Waals surface area contributed by atoms with Crippen LogP contribution in [0.1, 0.15) is 64.7 Å². The molecule has 2 rings (SSSR count). The first-order chi connectivity index (χ1) is 9.66. The molecular formula is C16H28N2O2. The van der Waals surface area contributed by atoms with Crippen molar-refractivity contribution in [1.82, 2.24) is 10.2 Å². The van der Waals surface area contributed by atoms with Gasteiger partial charge in [0.2, 0.25) is 0 Å². The first-order valence-electron chi connectivity index (χ1n) is 8.26. The minimum absolute atomic E-state index is 0.203. The van der Waals surface area contributed by atoms with E-state index in [1.54, 1.807) is 4.90 Å². The fourth-order valence-electron chi connectivity index (χ4n) is 3.37. The van der Waals surface area contributed by atoms with Crippen LogP contribution in [0.4, 0.5) is 0 Å². The number of likely N-dealkylation sites (tertiary alicyclic amines) is 1. The lowest BCUT2D eigenvalue weighted by Gasteiger charge is -2.31. The van der Waals surface area contributed by atoms with E-state index in [9.17, 15) is 9.59 Å². The summed E-state index contributed by atoms with van der Waals surface area (Å²) < 4.78 is 0. The van der Waals surface area contributed by atoms with Gasteiger partial charge < -0.3 is 10.2 Å². The molecule has 0 aromatic carbocycles. The van der Waals surface area contributed by atoms with E-state index in [0.29, 0.717) is 5.92 Å². The number of nitrogens with zero attached hydrogens (tertiary/aromatic N) is 1. The largest absolute Gasteiger partial charge is 0.345 e. The Balaban J connectivity index is 1.81. The average Bonchev–Trinajstić information content (AvgIpc) is 2.40. The van der Waals surface area contributed by atoms with E-state index in [1.165, 1.54) is 32.1 Å². The first-order valence-corrected chi connectivity index (χ1v) is 8.26. The third kappa shape index (κ3) is 4.50. The van der Waals surface area contributed by atoms with Gasteiger partial charge >= 0.3 is 11.8 Å². The summed E-state index contributed by atoms with van der Waals surface area (Å²) >= 11 is 0. The lowest BCUT2D eigenvalue weighted by molar-refractivity contribution is -0.147. The van der Waals surface area contributed by atoms with Crippen molar-refractivity contribution in [3.63, 3.8) is 0 Å². The molecule has 2 amide bonds. The van der Waals surface area contributed by atoms with Crippen LogP contribution < -0.4 is 5.32 Å². The Labute approximate surface area is 122 Å². The molecule has 4 nitrogen and oxygen atoms in total. The number of carbonyl (C=O) groups is 2. The van der Waals surface area contributed by atoms with Gasteiger partial charge in [0.25, 0.3) is 0 Å². The Morgan fingerprint density at radius 1 is 0.950 bits per heavy atom. The highest BCUT2D eigenvalue weighted by molar-refractivity contribution is 6.35. The lowest BCUT2D eigenvalue weighted by Crippen LogP contribution is -2.49. The number of piperidine rings is 1. The maximum absolute atomic E-state index is 12.2. The quantitative estimate of drug-likeness (QED) is 0.750. The average molecular weight is 280 g/mol. The second-order valence-corrected chi connectivity index (χ2v) is 6.51. The van der Waals surface area contributed by atoms with Crippen molar-refractivity contribution < 1.29 is 9.59 Å². The van der Waals surface area contributed by atoms with Crippen molar-refractivity contribution >= 4 is 11.8 Å². The topological polar surface area (TPSA) is 49.4 Å². The summed E-state index contributed by atoms with van der Waals surface area (Å²) in [5.74, 6) is -0.190. The molecule has 2 aliphatic rings. The molecule has 1 aliphatic carbocycles. The zero-order valence-corrected chi connectivity index (χ0v) is 12.7. The Morgan fingerprint density at radius 3 is 2.25 bits per heavy atom. The number of carbonyl (C=O) groups excluding carboxylic acids is 2. The molecule has 1 saturated carbocycles. The van der Waals surface area contributed by atoms with Crippen molar-refractivity contribution in [2.24, 2.45) is 5.92 Å². The molecule has 1 unspecified atom stereocenters. The summed E-state index contributed by atoms with van der Waals surface area (Å²) in [6, 6.07) is 0.203. The summed E-state index contributed by atoms with van der Waals surface area (Å²) in [5, 5.41) is 2.97. The van der Waals surface area contributed by atoms with Gasteiger partial charge in [0, 0.05) is 19.1 Å². The van der Waals surface area contributed by atoms with Gasteiger partial charge in [-0.15, -0.1) is 0 Å². The van der Waals surface area contributed by atoms with Crippen LogP contribution in [0.2, 0.25) is 0 Å². The molecule has 20 heavy (non-hydrogen) atoms. The minimum Gasteiger partial charge on any atom is -0.345 e. The molecule has 2 fully saturated rings. The van der Waals surface area contributed by atoms with Gasteiger partial charge in [-0.25, -0.2) is 0 Å². The minimum atomic E-state index is -0.385. The molecular weight excluding hydrogens is 252 g/mol. The monoisotopic (exact) mass is 280 g/mol. The van der Waals surface area contributed by atoms with Gasteiger partial charge in [-0.2, -0.15) is 0 Å². The van der Waals surface area contributed by atoms with Gasteiger partial charge in [-0.1, -0.05) is 39.0 Å². The molecule has 1 atom stereocenters. The van der Waals surface area contributed by atoms with Gasteiger partial charge in [0.15, 0.2) is 0 Å². The summed E-state index contributed by atoms with van der Waals surface area (Å²) in [7, 11) is 0. The maximum Gasteiger partial charge on any atom is 0.311 e. The molecule has 0 aromatic rings. The number of amides is 2. The number of rotatable bonds is 1. The molecule has 1 heterocycles. The Bertz CT molecular complexity index is 335. The predicted molar refractivity (Wildman–Crippen MR) is 79.2 cm³/mol. The molecule has 0 radical (unpaired) electrons. The van der Waals surface area contributed by atoms with Gasteiger partial charge in [0.1, 0.15) is 0 Å². The predicted octanol–water partition coefficient (Wildman–Crippen LogP) is 2.47. The summed E-state index contributed by atoms with van der Waals surface area (Å²) in [4.78, 5) is 26.0. The normalized spacial score (nSPS) is 25.6. The van der Waals surface area contributed by atoms with Crippen LogP contribution in [-0.4, -0.2) is 35.8 Å². The van der Waals surface area contributed by atoms with Gasteiger partial charge in [0.05, 0.1) is 0 Å². The fraction of sp³-hybridized carbons (Fsp3) is 0.875. The van der Waals surface area contributed by atoms with E-state index in [2.05, 4.69) is 12.2 Å². The smallest absolute Gasteiger partial charge is 0.311 e. The Kier molecular flexibility index (Phi) is 5.86. The molecule has 1 N–H and O–H groups in total. The second kappa shape index (κ2) is 7.65. The Morgan fingerprint density at radius 2 is 1.60 bits per heavy atom. The molecule has 0 bridgehead atoms. The number of nitrogens with one attached hydrogen (secondary N) is 1. The molecule has 0 aromatic heterocycles. The van der Waals surface area contributed by atoms with E-state index < -0.39 is 0 Å². The van der Waals surface area contributed by atoms with Crippen molar-refractivity contribution in [3.8, 4) is 0 Å². The summed E-state index contributed by atoms with van der Waals surface area (Å²) in [5.41, 5.74) is 0. The Hall–Kier alpha value is -1.06. The standard InChI is InChI=1S/C16H28N2O2/c1-13-8-7-11-18(12-13)16(20)15(19)17-14-9-5-3-2-4-6-10-14/h13-14H,2-12H2,1H3,(H,17,19). The van der Waals surface area contributed by atoms with Crippen LogP contribution in [0.25, 0.3) is 0 Å². The first kappa shape index (κ1) is 15.3. The number of hydrogen-bond acceptors (Lipinski definition) is 2. The van der Waals surface area contributed by atoms with Crippen LogP contribution in [0, 0.1) is 5.92 Å². The highest BCUT2D eigenvalue weighted by atomic mass is 16.2. The summed E-state index contributed by atoms with van der Waals surface area (Å²) in [6.45, 7) is 3.62. The molecule has 114 valence electrons. The van der Waals surface area contributed by atoms with E-state index in [4.69, 9.17) is 0 Å². The number of hydrogen-bond donors (Lipinski definition) is 1. The van der Waals surface area contributed by atoms with Crippen molar-refractivity contribution in [2.45, 2.75) is 70.8 Å². The van der Waals surface area contributed by atoms with E-state index in [-0.39, 0.29) is 17.9 Å². The third-order valence-electron chi connectivity index (χ3n) is 4.58. The van der Waals surface area contributed by atoms with Crippen LogP contribution in [0.5, 0.6) is 0 Å². The van der Waals surface area contributed by atoms with Crippen LogP contribution in [-0.2, 0) is 9.59 Å². The van der Waals surface area contributed by atoms with Crippen LogP contribution in [0.3, 0.4) is 0 Å². The highest BCUT2D eigenvalue weighted by Crippen LogP contribution is 2.18. The van der Waals surface area contributed by atoms with Crippen molar-refractivity contribution in [1.29, 1.82) is 0 Å². The molecule has 1 saturated heterocycles. The maximum atomic E-state index is 12.2. The zero-order valence-electron chi connectivity index (χ0n) is 12.7. The van der Waals surface area contributed by atoms with Gasteiger partial charge in [-0.3, -0.25) is 9.59 Å². The highest BCUT2D eigenvalue weighted by Gasteiger charge is 2.27. The molecule has 0 spiro atoms. The SMILES string of the molecule is CC1CCCN(C(=O)C(=O)NC2CCCCCCC2)C1. The van der Waals surface area contributed by atoms with E-state index in [0.717, 1.165) is 38.8 Å². The van der Waals surface area contributed by atoms with E-state index >= 15 is 0 Å². The summed E-state index contributed by atoms with van der Waals surface area (Å²) in [6.07, 6.45) is 10.4.